The fourth-order valence-corrected chi connectivity index (χ4v) is 10.1. The number of rotatable bonds is 3. The number of nitrogens with zero attached hydrogens (tertiary/aromatic N) is 2. The molecule has 3 nitrogen and oxygen atoms in total. The summed E-state index contributed by atoms with van der Waals surface area (Å²) in [5, 5.41) is 1.17. The van der Waals surface area contributed by atoms with Gasteiger partial charge in [-0.15, -0.1) is 0 Å². The van der Waals surface area contributed by atoms with E-state index in [2.05, 4.69) is 207 Å². The van der Waals surface area contributed by atoms with Crippen LogP contribution in [0.1, 0.15) is 110 Å². The minimum atomic E-state index is -0.159. The second-order valence-electron chi connectivity index (χ2n) is 20.8. The molecule has 0 spiro atoms. The third-order valence-corrected chi connectivity index (χ3v) is 13.7. The highest BCUT2D eigenvalue weighted by Gasteiger charge is 2.48. The van der Waals surface area contributed by atoms with E-state index in [9.17, 15) is 0 Å². The van der Waals surface area contributed by atoms with Crippen LogP contribution in [-0.2, 0) is 21.7 Å². The minimum Gasteiger partial charge on any atom is -0.468 e. The Hall–Kier alpha value is -5.66. The van der Waals surface area contributed by atoms with Crippen molar-refractivity contribution >= 4 is 68.4 Å². The summed E-state index contributed by atoms with van der Waals surface area (Å²) in [6.45, 7) is 25.4. The lowest BCUT2D eigenvalue weighted by molar-refractivity contribution is 0.332. The number of anilines is 6. The van der Waals surface area contributed by atoms with Crippen LogP contribution in [0.15, 0.2) is 114 Å². The zero-order chi connectivity index (χ0) is 41.4. The van der Waals surface area contributed by atoms with Crippen molar-refractivity contribution in [1.29, 1.82) is 0 Å². The molecule has 0 atom stereocenters. The van der Waals surface area contributed by atoms with Crippen LogP contribution in [0.2, 0.25) is 0 Å². The van der Waals surface area contributed by atoms with E-state index in [1.165, 1.54) is 55.4 Å². The Bertz CT molecular complexity index is 2810. The van der Waals surface area contributed by atoms with Crippen molar-refractivity contribution in [2.24, 2.45) is 0 Å². The molecule has 7 aromatic rings. The number of fused-ring (bicyclic) bond motifs is 7. The summed E-state index contributed by atoms with van der Waals surface area (Å²) in [6, 6.07) is 48.4. The first-order valence-electron chi connectivity index (χ1n) is 21.5. The van der Waals surface area contributed by atoms with Crippen LogP contribution in [0.3, 0.4) is 0 Å². The summed E-state index contributed by atoms with van der Waals surface area (Å²) in [5.41, 5.74) is 20.0. The Morgan fingerprint density at radius 2 is 1.27 bits per heavy atom. The summed E-state index contributed by atoms with van der Waals surface area (Å²) in [6.07, 6.45) is 2.29. The summed E-state index contributed by atoms with van der Waals surface area (Å²) in [4.78, 5) is 4.99. The molecule has 0 bridgehead atoms. The molecule has 294 valence electrons. The smallest absolute Gasteiger partial charge is 0.297 e. The molecule has 3 heterocycles. The second-order valence-corrected chi connectivity index (χ2v) is 20.8. The number of para-hydroxylation sites is 1. The number of hydrogen-bond donors (Lipinski definition) is 0. The van der Waals surface area contributed by atoms with Gasteiger partial charge in [-0.3, -0.25) is 0 Å². The first kappa shape index (κ1) is 37.6. The fourth-order valence-electron chi connectivity index (χ4n) is 10.1. The van der Waals surface area contributed by atoms with Crippen LogP contribution in [0, 0.1) is 19.1 Å². The van der Waals surface area contributed by atoms with Crippen LogP contribution < -0.4 is 26.4 Å². The molecule has 0 unspecified atom stereocenters. The highest BCUT2D eigenvalue weighted by molar-refractivity contribution is 7.00. The van der Waals surface area contributed by atoms with E-state index in [0.29, 0.717) is 0 Å². The van der Waals surface area contributed by atoms with Crippen molar-refractivity contribution < 1.29 is 4.42 Å². The zero-order valence-corrected chi connectivity index (χ0v) is 36.7. The van der Waals surface area contributed by atoms with Gasteiger partial charge in [-0.1, -0.05) is 142 Å². The van der Waals surface area contributed by atoms with Crippen LogP contribution in [-0.4, -0.2) is 6.71 Å². The Labute approximate surface area is 352 Å². The first-order chi connectivity index (χ1) is 27.9. The molecule has 0 saturated heterocycles. The molecule has 4 heteroatoms. The fraction of sp³-hybridized carbons (Fsp3) is 0.309. The first-order valence-corrected chi connectivity index (χ1v) is 21.5. The predicted octanol–water partition coefficient (Wildman–Crippen LogP) is 13.0. The number of benzene rings is 5. The van der Waals surface area contributed by atoms with Crippen molar-refractivity contribution in [2.75, 3.05) is 9.80 Å². The summed E-state index contributed by atoms with van der Waals surface area (Å²) in [7, 11) is 0. The largest absolute Gasteiger partial charge is 0.468 e. The average molecular weight is 771 g/mol. The van der Waals surface area contributed by atoms with Crippen molar-refractivity contribution in [3.63, 3.8) is 0 Å². The normalized spacial score (nSPS) is 16.3. The average Bonchev–Trinajstić information content (AvgIpc) is 3.57. The maximum Gasteiger partial charge on any atom is 0.297 e. The second kappa shape index (κ2) is 12.7. The SMILES string of the molecule is Cc1cc2c3c(c1)N(c1ccccc1-c1ccccc1)c1c(oc4cc5c(cc14)C(C)(C)CCC5(C)C)B3c1cc(C(C)(C)C)c#cc1N2c1ccc(C(C)(C)C)cc1. The highest BCUT2D eigenvalue weighted by atomic mass is 16.3. The molecule has 1 aliphatic carbocycles. The highest BCUT2D eigenvalue weighted by Crippen LogP contribution is 2.52. The van der Waals surface area contributed by atoms with Gasteiger partial charge in [-0.05, 0) is 129 Å². The van der Waals surface area contributed by atoms with E-state index in [-0.39, 0.29) is 28.4 Å². The van der Waals surface area contributed by atoms with E-state index in [0.717, 1.165) is 58.1 Å². The van der Waals surface area contributed by atoms with Crippen molar-refractivity contribution in [1.82, 2.24) is 0 Å². The molecular formula is C55H55BN2O. The third-order valence-electron chi connectivity index (χ3n) is 13.7. The van der Waals surface area contributed by atoms with Gasteiger partial charge in [0, 0.05) is 33.6 Å². The molecule has 3 aliphatic rings. The van der Waals surface area contributed by atoms with Crippen molar-refractivity contribution in [3.05, 3.63) is 149 Å². The summed E-state index contributed by atoms with van der Waals surface area (Å²) >= 11 is 0. The number of furan rings is 1. The van der Waals surface area contributed by atoms with E-state index < -0.39 is 0 Å². The van der Waals surface area contributed by atoms with Crippen molar-refractivity contribution in [2.45, 2.75) is 111 Å². The summed E-state index contributed by atoms with van der Waals surface area (Å²) in [5.74, 6) is 0. The van der Waals surface area contributed by atoms with Gasteiger partial charge in [-0.25, -0.2) is 0 Å². The summed E-state index contributed by atoms with van der Waals surface area (Å²) < 4.78 is 7.49. The Morgan fingerprint density at radius 1 is 0.644 bits per heavy atom. The molecule has 59 heavy (non-hydrogen) atoms. The van der Waals surface area contributed by atoms with Gasteiger partial charge >= 0.3 is 0 Å². The molecule has 0 radical (unpaired) electrons. The van der Waals surface area contributed by atoms with Crippen LogP contribution in [0.4, 0.5) is 34.1 Å². The molecule has 0 amide bonds. The molecule has 10 rings (SSSR count). The van der Waals surface area contributed by atoms with Crippen molar-refractivity contribution in [3.8, 4) is 11.1 Å². The Kier molecular flexibility index (Phi) is 8.08. The standard InChI is InChI=1S/C55H55BN2O/c1-34-29-46-49-47(30-34)58(44-20-16-15-19-39(44)35-17-13-12-14-18-35)50-40-32-41-42(55(10,11)28-27-54(41,8)9)33-48(40)59-51(50)56(49)43-31-37(53(5,6)7)23-26-45(43)57(46)38-24-21-36(22-25-38)52(2,3)4/h12-22,24-25,29-33H,27-28H2,1-11H3. The lowest BCUT2D eigenvalue weighted by Crippen LogP contribution is -2.61. The predicted molar refractivity (Wildman–Crippen MR) is 251 cm³/mol. The third kappa shape index (κ3) is 5.79. The molecule has 0 fully saturated rings. The Balaban J connectivity index is 1.34. The molecule has 1 aromatic heterocycles. The van der Waals surface area contributed by atoms with Crippen LogP contribution in [0.25, 0.3) is 22.1 Å². The van der Waals surface area contributed by atoms with Crippen LogP contribution >= 0.6 is 0 Å². The topological polar surface area (TPSA) is 19.6 Å². The van der Waals surface area contributed by atoms with E-state index in [1.54, 1.807) is 0 Å². The lowest BCUT2D eigenvalue weighted by Gasteiger charge is -2.43. The van der Waals surface area contributed by atoms with E-state index in [1.807, 2.05) is 0 Å². The number of hydrogen-bond acceptors (Lipinski definition) is 3. The molecule has 0 N–H and O–H groups in total. The molecule has 2 aliphatic heterocycles. The maximum absolute atomic E-state index is 7.49. The van der Waals surface area contributed by atoms with Gasteiger partial charge in [0.25, 0.3) is 6.71 Å². The van der Waals surface area contributed by atoms with Gasteiger partial charge in [0.1, 0.15) is 5.58 Å². The molecular weight excluding hydrogens is 715 g/mol. The van der Waals surface area contributed by atoms with Gasteiger partial charge < -0.3 is 14.2 Å². The minimum absolute atomic E-state index is 0.0409. The van der Waals surface area contributed by atoms with Gasteiger partial charge in [0.05, 0.1) is 22.7 Å². The monoisotopic (exact) mass is 770 g/mol. The lowest BCUT2D eigenvalue weighted by atomic mass is 9.35. The Morgan fingerprint density at radius 3 is 1.93 bits per heavy atom. The van der Waals surface area contributed by atoms with Gasteiger partial charge in [0.2, 0.25) is 0 Å². The van der Waals surface area contributed by atoms with E-state index in [4.69, 9.17) is 4.42 Å². The van der Waals surface area contributed by atoms with Gasteiger partial charge in [0.15, 0.2) is 0 Å². The quantitative estimate of drug-likeness (QED) is 0.167. The van der Waals surface area contributed by atoms with Gasteiger partial charge in [-0.2, -0.15) is 0 Å². The van der Waals surface area contributed by atoms with Crippen LogP contribution in [0.5, 0.6) is 0 Å². The molecule has 6 aromatic carbocycles. The number of aryl methyl sites for hydroxylation is 1. The zero-order valence-electron chi connectivity index (χ0n) is 36.7. The maximum atomic E-state index is 7.49. The van der Waals surface area contributed by atoms with E-state index >= 15 is 0 Å². The molecule has 0 saturated carbocycles.